The second kappa shape index (κ2) is 6.53. The summed E-state index contributed by atoms with van der Waals surface area (Å²) in [5.41, 5.74) is 0.918. The number of aryl methyl sites for hydroxylation is 1. The molecule has 2 aromatic rings. The fourth-order valence-electron chi connectivity index (χ4n) is 2.43. The van der Waals surface area contributed by atoms with Crippen LogP contribution >= 0.6 is 23.1 Å². The minimum Gasteiger partial charge on any atom is -0.332 e. The van der Waals surface area contributed by atoms with Gasteiger partial charge in [0, 0.05) is 30.0 Å². The number of carbonyl (C=O) groups excluding carboxylic acids is 1. The van der Waals surface area contributed by atoms with E-state index in [9.17, 15) is 4.79 Å². The normalized spacial score (nSPS) is 18.1. The van der Waals surface area contributed by atoms with Crippen molar-refractivity contribution in [2.45, 2.75) is 31.0 Å². The number of hydrogen-bond donors (Lipinski definition) is 0. The van der Waals surface area contributed by atoms with Crippen LogP contribution in [0.2, 0.25) is 0 Å². The molecule has 7 heteroatoms. The SMILES string of the molecule is Cc1ccnc(SCC(=O)N2CCC[C@@H]2c2nccs2)n1. The van der Waals surface area contributed by atoms with Crippen LogP contribution in [-0.2, 0) is 4.79 Å². The molecule has 3 heterocycles. The quantitative estimate of drug-likeness (QED) is 0.640. The van der Waals surface area contributed by atoms with Crippen LogP contribution in [0, 0.1) is 6.92 Å². The van der Waals surface area contributed by atoms with E-state index in [2.05, 4.69) is 15.0 Å². The summed E-state index contributed by atoms with van der Waals surface area (Å²) in [4.78, 5) is 27.2. The fourth-order valence-corrected chi connectivity index (χ4v) is 3.97. The third kappa shape index (κ3) is 3.41. The van der Waals surface area contributed by atoms with Crippen molar-refractivity contribution in [1.82, 2.24) is 19.9 Å². The topological polar surface area (TPSA) is 59.0 Å². The Bertz CT molecular complexity index is 617. The Balaban J connectivity index is 1.62. The van der Waals surface area contributed by atoms with E-state index in [-0.39, 0.29) is 11.9 Å². The van der Waals surface area contributed by atoms with Crippen molar-refractivity contribution in [1.29, 1.82) is 0 Å². The molecule has 5 nitrogen and oxygen atoms in total. The molecular formula is C14H16N4OS2. The van der Waals surface area contributed by atoms with Gasteiger partial charge in [-0.1, -0.05) is 11.8 Å². The van der Waals surface area contributed by atoms with Crippen LogP contribution in [0.25, 0.3) is 0 Å². The highest BCUT2D eigenvalue weighted by Gasteiger charge is 2.31. The lowest BCUT2D eigenvalue weighted by Gasteiger charge is -2.22. The minimum absolute atomic E-state index is 0.141. The van der Waals surface area contributed by atoms with Gasteiger partial charge in [-0.3, -0.25) is 4.79 Å². The number of likely N-dealkylation sites (tertiary alicyclic amines) is 1. The van der Waals surface area contributed by atoms with Gasteiger partial charge < -0.3 is 4.90 Å². The molecule has 0 spiro atoms. The minimum atomic E-state index is 0.141. The smallest absolute Gasteiger partial charge is 0.233 e. The Labute approximate surface area is 131 Å². The van der Waals surface area contributed by atoms with Gasteiger partial charge in [-0.15, -0.1) is 11.3 Å². The number of rotatable bonds is 4. The molecule has 2 aromatic heterocycles. The maximum Gasteiger partial charge on any atom is 0.233 e. The van der Waals surface area contributed by atoms with Crippen molar-refractivity contribution in [3.05, 3.63) is 34.5 Å². The zero-order valence-electron chi connectivity index (χ0n) is 11.7. The third-order valence-electron chi connectivity index (χ3n) is 3.41. The van der Waals surface area contributed by atoms with Crippen molar-refractivity contribution in [3.63, 3.8) is 0 Å². The number of carbonyl (C=O) groups is 1. The zero-order valence-corrected chi connectivity index (χ0v) is 13.4. The van der Waals surface area contributed by atoms with Gasteiger partial charge in [0.2, 0.25) is 5.91 Å². The summed E-state index contributed by atoms with van der Waals surface area (Å²) in [7, 11) is 0. The first kappa shape index (κ1) is 14.5. The summed E-state index contributed by atoms with van der Waals surface area (Å²) < 4.78 is 0. The number of hydrogen-bond acceptors (Lipinski definition) is 6. The van der Waals surface area contributed by atoms with E-state index in [4.69, 9.17) is 0 Å². The highest BCUT2D eigenvalue weighted by Crippen LogP contribution is 2.33. The highest BCUT2D eigenvalue weighted by molar-refractivity contribution is 7.99. The summed E-state index contributed by atoms with van der Waals surface area (Å²) in [6, 6.07) is 2.00. The van der Waals surface area contributed by atoms with E-state index in [0.29, 0.717) is 10.9 Å². The number of thioether (sulfide) groups is 1. The maximum atomic E-state index is 12.4. The van der Waals surface area contributed by atoms with E-state index in [0.717, 1.165) is 30.1 Å². The van der Waals surface area contributed by atoms with Crippen molar-refractivity contribution in [3.8, 4) is 0 Å². The molecule has 21 heavy (non-hydrogen) atoms. The van der Waals surface area contributed by atoms with Crippen LogP contribution in [0.5, 0.6) is 0 Å². The van der Waals surface area contributed by atoms with Gasteiger partial charge in [0.25, 0.3) is 0 Å². The van der Waals surface area contributed by atoms with Crippen molar-refractivity contribution >= 4 is 29.0 Å². The van der Waals surface area contributed by atoms with Crippen LogP contribution in [0.3, 0.4) is 0 Å². The molecule has 1 saturated heterocycles. The Hall–Kier alpha value is -1.47. The summed E-state index contributed by atoms with van der Waals surface area (Å²) in [5.74, 6) is 0.522. The lowest BCUT2D eigenvalue weighted by Crippen LogP contribution is -2.31. The van der Waals surface area contributed by atoms with Crippen LogP contribution in [-0.4, -0.2) is 38.1 Å². The van der Waals surface area contributed by atoms with Crippen LogP contribution in [0.1, 0.15) is 29.6 Å². The van der Waals surface area contributed by atoms with Crippen molar-refractivity contribution in [2.75, 3.05) is 12.3 Å². The summed E-state index contributed by atoms with van der Waals surface area (Å²) in [6.07, 6.45) is 5.58. The average Bonchev–Trinajstić information content (AvgIpc) is 3.14. The van der Waals surface area contributed by atoms with Crippen molar-refractivity contribution in [2.24, 2.45) is 0 Å². The number of aromatic nitrogens is 3. The second-order valence-corrected chi connectivity index (χ2v) is 6.75. The standard InChI is InChI=1S/C14H16N4OS2/c1-10-4-5-16-14(17-10)21-9-12(19)18-7-2-3-11(18)13-15-6-8-20-13/h4-6,8,11H,2-3,7,9H2,1H3/t11-/m1/s1. The molecule has 1 amide bonds. The average molecular weight is 320 g/mol. The molecule has 1 aliphatic heterocycles. The van der Waals surface area contributed by atoms with E-state index in [1.54, 1.807) is 23.7 Å². The molecule has 110 valence electrons. The van der Waals surface area contributed by atoms with Gasteiger partial charge in [-0.05, 0) is 25.8 Å². The largest absolute Gasteiger partial charge is 0.332 e. The first-order valence-corrected chi connectivity index (χ1v) is 8.72. The molecular weight excluding hydrogens is 304 g/mol. The summed E-state index contributed by atoms with van der Waals surface area (Å²) in [6.45, 7) is 2.74. The van der Waals surface area contributed by atoms with E-state index < -0.39 is 0 Å². The molecule has 0 unspecified atom stereocenters. The number of amides is 1. The molecule has 3 rings (SSSR count). The van der Waals surface area contributed by atoms with Gasteiger partial charge in [0.15, 0.2) is 5.16 Å². The van der Waals surface area contributed by atoms with Crippen LogP contribution in [0.4, 0.5) is 0 Å². The predicted octanol–water partition coefficient (Wildman–Crippen LogP) is 2.70. The monoisotopic (exact) mass is 320 g/mol. The first-order valence-electron chi connectivity index (χ1n) is 6.85. The summed E-state index contributed by atoms with van der Waals surface area (Å²) >= 11 is 3.02. The van der Waals surface area contributed by atoms with Gasteiger partial charge in [-0.2, -0.15) is 0 Å². The Morgan fingerprint density at radius 3 is 3.14 bits per heavy atom. The summed E-state index contributed by atoms with van der Waals surface area (Å²) in [5, 5.41) is 3.66. The predicted molar refractivity (Wildman–Crippen MR) is 83.3 cm³/mol. The number of nitrogens with zero attached hydrogens (tertiary/aromatic N) is 4. The molecule has 0 aromatic carbocycles. The third-order valence-corrected chi connectivity index (χ3v) is 5.13. The molecule has 0 aliphatic carbocycles. The molecule has 0 saturated carbocycles. The fraction of sp³-hybridized carbons (Fsp3) is 0.429. The van der Waals surface area contributed by atoms with E-state index in [1.165, 1.54) is 11.8 Å². The number of thiazole rings is 1. The Morgan fingerprint density at radius 2 is 2.38 bits per heavy atom. The molecule has 0 N–H and O–H groups in total. The highest BCUT2D eigenvalue weighted by atomic mass is 32.2. The van der Waals surface area contributed by atoms with Gasteiger partial charge in [0.1, 0.15) is 5.01 Å². The van der Waals surface area contributed by atoms with E-state index >= 15 is 0 Å². The maximum absolute atomic E-state index is 12.4. The molecule has 1 aliphatic rings. The first-order chi connectivity index (χ1) is 10.2. The lowest BCUT2D eigenvalue weighted by atomic mass is 10.2. The lowest BCUT2D eigenvalue weighted by molar-refractivity contribution is -0.129. The molecule has 0 bridgehead atoms. The molecule has 1 atom stereocenters. The Morgan fingerprint density at radius 1 is 1.48 bits per heavy atom. The Kier molecular flexibility index (Phi) is 4.50. The van der Waals surface area contributed by atoms with Gasteiger partial charge in [0.05, 0.1) is 11.8 Å². The zero-order chi connectivity index (χ0) is 14.7. The van der Waals surface area contributed by atoms with Crippen LogP contribution < -0.4 is 0 Å². The van der Waals surface area contributed by atoms with Crippen molar-refractivity contribution < 1.29 is 4.79 Å². The van der Waals surface area contributed by atoms with Gasteiger partial charge in [-0.25, -0.2) is 15.0 Å². The second-order valence-electron chi connectivity index (χ2n) is 4.88. The van der Waals surface area contributed by atoms with Gasteiger partial charge >= 0.3 is 0 Å². The molecule has 1 fully saturated rings. The van der Waals surface area contributed by atoms with E-state index in [1.807, 2.05) is 23.3 Å². The molecule has 0 radical (unpaired) electrons. The van der Waals surface area contributed by atoms with Crippen LogP contribution in [0.15, 0.2) is 29.0 Å².